The number of hydrogen-bond donors (Lipinski definition) is 0. The Balaban J connectivity index is 1.32. The Bertz CT molecular complexity index is 1750. The number of nitrogens with zero attached hydrogens (tertiary/aromatic N) is 1. The van der Waals surface area contributed by atoms with Gasteiger partial charge in [-0.1, -0.05) is 91.0 Å². The molecule has 0 amide bonds. The van der Waals surface area contributed by atoms with Crippen LogP contribution in [0.25, 0.3) is 33.9 Å². The minimum atomic E-state index is -0.311. The van der Waals surface area contributed by atoms with Crippen LogP contribution in [-0.2, 0) is 14.9 Å². The van der Waals surface area contributed by atoms with E-state index in [0.29, 0.717) is 12.2 Å². The van der Waals surface area contributed by atoms with Crippen molar-refractivity contribution >= 4 is 28.6 Å². The largest absolute Gasteiger partial charge is 0.484 e. The molecule has 5 aromatic rings. The molecule has 1 aromatic heterocycles. The number of aromatic nitrogens is 1. The first-order valence-electron chi connectivity index (χ1n) is 13.9. The maximum absolute atomic E-state index is 12.2. The molecular formula is C36H29NO3. The summed E-state index contributed by atoms with van der Waals surface area (Å²) in [5, 5.41) is 2.31. The molecule has 1 atom stereocenters. The van der Waals surface area contributed by atoms with Crippen molar-refractivity contribution in [3.05, 3.63) is 137 Å². The van der Waals surface area contributed by atoms with Gasteiger partial charge in [-0.15, -0.1) is 0 Å². The zero-order valence-electron chi connectivity index (χ0n) is 22.3. The van der Waals surface area contributed by atoms with Crippen LogP contribution in [0.2, 0.25) is 0 Å². The lowest BCUT2D eigenvalue weighted by molar-refractivity contribution is 0.0526. The highest BCUT2D eigenvalue weighted by Crippen LogP contribution is 2.62. The molecule has 1 aliphatic carbocycles. The molecule has 0 spiro atoms. The van der Waals surface area contributed by atoms with Crippen LogP contribution in [0.1, 0.15) is 58.6 Å². The summed E-state index contributed by atoms with van der Waals surface area (Å²) >= 11 is 0. The number of pyridine rings is 1. The average molecular weight is 524 g/mol. The van der Waals surface area contributed by atoms with Gasteiger partial charge >= 0.3 is 5.97 Å². The molecule has 0 N–H and O–H groups in total. The Kier molecular flexibility index (Phi) is 5.96. The quantitative estimate of drug-likeness (QED) is 0.210. The first-order chi connectivity index (χ1) is 19.7. The van der Waals surface area contributed by atoms with Gasteiger partial charge in [-0.3, -0.25) is 4.98 Å². The smallest absolute Gasteiger partial charge is 0.338 e. The van der Waals surface area contributed by atoms with Gasteiger partial charge in [0.15, 0.2) is 0 Å². The first-order valence-corrected chi connectivity index (χ1v) is 13.9. The molecule has 7 rings (SSSR count). The van der Waals surface area contributed by atoms with E-state index in [1.54, 1.807) is 0 Å². The van der Waals surface area contributed by atoms with Crippen molar-refractivity contribution < 1.29 is 14.3 Å². The van der Waals surface area contributed by atoms with Crippen molar-refractivity contribution in [1.29, 1.82) is 0 Å². The van der Waals surface area contributed by atoms with Crippen molar-refractivity contribution in [2.45, 2.75) is 31.3 Å². The topological polar surface area (TPSA) is 48.4 Å². The van der Waals surface area contributed by atoms with Crippen LogP contribution in [-0.4, -0.2) is 17.6 Å². The summed E-state index contributed by atoms with van der Waals surface area (Å²) in [5.41, 5.74) is 6.75. The molecule has 0 bridgehead atoms. The van der Waals surface area contributed by atoms with Crippen molar-refractivity contribution in [3.63, 3.8) is 0 Å². The number of rotatable bonds is 6. The summed E-state index contributed by atoms with van der Waals surface area (Å²) in [6, 6.07) is 37.0. The lowest BCUT2D eigenvalue weighted by atomic mass is 9.86. The van der Waals surface area contributed by atoms with Gasteiger partial charge in [0.1, 0.15) is 11.9 Å². The predicted molar refractivity (Wildman–Crippen MR) is 159 cm³/mol. The average Bonchev–Trinajstić information content (AvgIpc) is 3.73. The fourth-order valence-corrected chi connectivity index (χ4v) is 5.90. The molecular weight excluding hydrogens is 494 g/mol. The van der Waals surface area contributed by atoms with Crippen molar-refractivity contribution in [3.8, 4) is 11.3 Å². The van der Waals surface area contributed by atoms with Gasteiger partial charge in [0.05, 0.1) is 29.0 Å². The summed E-state index contributed by atoms with van der Waals surface area (Å²) in [7, 11) is 0. The van der Waals surface area contributed by atoms with Gasteiger partial charge in [-0.05, 0) is 55.0 Å². The lowest BCUT2D eigenvalue weighted by Gasteiger charge is -2.25. The van der Waals surface area contributed by atoms with Gasteiger partial charge in [0.2, 0.25) is 0 Å². The molecule has 4 heteroatoms. The number of carbonyl (C=O) groups is 1. The van der Waals surface area contributed by atoms with Crippen LogP contribution >= 0.6 is 0 Å². The minimum Gasteiger partial charge on any atom is -0.484 e. The highest BCUT2D eigenvalue weighted by Gasteiger charge is 2.57. The van der Waals surface area contributed by atoms with Gasteiger partial charge in [-0.25, -0.2) is 4.79 Å². The molecule has 0 saturated heterocycles. The molecule has 196 valence electrons. The Labute approximate surface area is 233 Å². The normalized spacial score (nSPS) is 17.8. The lowest BCUT2D eigenvalue weighted by Crippen LogP contribution is -2.20. The fraction of sp³-hybridized carbons (Fsp3) is 0.167. The van der Waals surface area contributed by atoms with Gasteiger partial charge < -0.3 is 9.47 Å². The van der Waals surface area contributed by atoms with Crippen LogP contribution < -0.4 is 0 Å². The standard InChI is InChI=1S/C36H29NO3/c1-2-39-35(38)26-18-16-25(17-19-26)31-23-27-12-6-7-13-28(27)33(37-31)36(20-21-36)34-30-15-9-8-14-29(30)32(40-34)22-24-10-4-3-5-11-24/h3-19,22-23,34H,2,20-21H2,1H3/b32-22+. The molecule has 2 aliphatic rings. The minimum absolute atomic E-state index is 0.115. The molecule has 40 heavy (non-hydrogen) atoms. The number of esters is 1. The van der Waals surface area contributed by atoms with E-state index in [1.807, 2.05) is 49.4 Å². The van der Waals surface area contributed by atoms with Gasteiger partial charge in [0, 0.05) is 22.1 Å². The van der Waals surface area contributed by atoms with Crippen molar-refractivity contribution in [1.82, 2.24) is 4.98 Å². The second-order valence-corrected chi connectivity index (χ2v) is 10.5. The molecule has 1 aliphatic heterocycles. The Morgan fingerprint density at radius 2 is 1.65 bits per heavy atom. The second kappa shape index (κ2) is 9.80. The van der Waals surface area contributed by atoms with Crippen LogP contribution in [0.4, 0.5) is 0 Å². The zero-order valence-corrected chi connectivity index (χ0v) is 22.3. The Hall–Kier alpha value is -4.70. The van der Waals surface area contributed by atoms with E-state index < -0.39 is 0 Å². The van der Waals surface area contributed by atoms with E-state index >= 15 is 0 Å². The molecule has 1 saturated carbocycles. The highest BCUT2D eigenvalue weighted by molar-refractivity contribution is 5.92. The van der Waals surface area contributed by atoms with Crippen LogP contribution in [0, 0.1) is 0 Å². The molecule has 1 unspecified atom stereocenters. The number of benzene rings is 4. The zero-order chi connectivity index (χ0) is 27.1. The third-order valence-corrected chi connectivity index (χ3v) is 8.05. The summed E-state index contributed by atoms with van der Waals surface area (Å²) in [6.45, 7) is 2.17. The number of carbonyl (C=O) groups excluding carboxylic acids is 1. The van der Waals surface area contributed by atoms with E-state index in [9.17, 15) is 4.79 Å². The highest BCUT2D eigenvalue weighted by atomic mass is 16.5. The summed E-state index contributed by atoms with van der Waals surface area (Å²) in [6.07, 6.45) is 4.04. The molecule has 4 nitrogen and oxygen atoms in total. The van der Waals surface area contributed by atoms with Crippen LogP contribution in [0.3, 0.4) is 0 Å². The van der Waals surface area contributed by atoms with E-state index in [1.165, 1.54) is 5.56 Å². The van der Waals surface area contributed by atoms with E-state index in [2.05, 4.69) is 72.8 Å². The Morgan fingerprint density at radius 1 is 0.925 bits per heavy atom. The maximum Gasteiger partial charge on any atom is 0.338 e. The fourth-order valence-electron chi connectivity index (χ4n) is 5.90. The maximum atomic E-state index is 12.2. The van der Waals surface area contributed by atoms with Gasteiger partial charge in [0.25, 0.3) is 0 Å². The van der Waals surface area contributed by atoms with Crippen LogP contribution in [0.15, 0.2) is 109 Å². The summed E-state index contributed by atoms with van der Waals surface area (Å²) in [4.78, 5) is 17.5. The molecule has 1 fully saturated rings. The Morgan fingerprint density at radius 3 is 2.42 bits per heavy atom. The van der Waals surface area contributed by atoms with Crippen LogP contribution in [0.5, 0.6) is 0 Å². The molecule has 4 aromatic carbocycles. The predicted octanol–water partition coefficient (Wildman–Crippen LogP) is 8.38. The van der Waals surface area contributed by atoms with Crippen molar-refractivity contribution in [2.75, 3.05) is 6.61 Å². The number of hydrogen-bond acceptors (Lipinski definition) is 4. The van der Waals surface area contributed by atoms with E-state index in [4.69, 9.17) is 14.5 Å². The summed E-state index contributed by atoms with van der Waals surface area (Å²) in [5.74, 6) is 0.600. The third kappa shape index (κ3) is 4.17. The second-order valence-electron chi connectivity index (χ2n) is 10.5. The van der Waals surface area contributed by atoms with E-state index in [-0.39, 0.29) is 17.5 Å². The monoisotopic (exact) mass is 523 g/mol. The first kappa shape index (κ1) is 24.3. The van der Waals surface area contributed by atoms with Crippen molar-refractivity contribution in [2.24, 2.45) is 0 Å². The molecule has 2 heterocycles. The number of fused-ring (bicyclic) bond motifs is 2. The summed E-state index contributed by atoms with van der Waals surface area (Å²) < 4.78 is 12.0. The molecule has 0 radical (unpaired) electrons. The van der Waals surface area contributed by atoms with Gasteiger partial charge in [-0.2, -0.15) is 0 Å². The third-order valence-electron chi connectivity index (χ3n) is 8.05. The number of ether oxygens (including phenoxy) is 2. The van der Waals surface area contributed by atoms with E-state index in [0.717, 1.165) is 57.5 Å². The SMILES string of the molecule is CCOC(=O)c1ccc(-c2cc3ccccc3c(C3(C4O/C(=C/c5ccccc5)c5ccccc54)CC3)n2)cc1.